The molecule has 0 aromatic heterocycles. The van der Waals surface area contributed by atoms with E-state index < -0.39 is 0 Å². The Labute approximate surface area is 91.8 Å². The van der Waals surface area contributed by atoms with Crippen LogP contribution in [0.5, 0.6) is 0 Å². The molecule has 4 heteroatoms. The maximum atomic E-state index is 11.2. The molecular formula is C11H22N2O2. The van der Waals surface area contributed by atoms with E-state index in [0.29, 0.717) is 12.5 Å². The Bertz CT molecular complexity index is 213. The molecule has 0 aromatic carbocycles. The van der Waals surface area contributed by atoms with Gasteiger partial charge >= 0.3 is 0 Å². The normalized spacial score (nSPS) is 10.5. The average molecular weight is 214 g/mol. The van der Waals surface area contributed by atoms with Crippen molar-refractivity contribution in [3.05, 3.63) is 0 Å². The van der Waals surface area contributed by atoms with E-state index >= 15 is 0 Å². The molecule has 0 heterocycles. The summed E-state index contributed by atoms with van der Waals surface area (Å²) < 4.78 is 0. The smallest absolute Gasteiger partial charge is 0.239 e. The van der Waals surface area contributed by atoms with Gasteiger partial charge in [0.15, 0.2) is 0 Å². The molecule has 0 fully saturated rings. The lowest BCUT2D eigenvalue weighted by atomic mass is 10.1. The SMILES string of the molecule is CC(C)CCNC(=O)CNC(=O)C(C)C. The number of hydrogen-bond acceptors (Lipinski definition) is 2. The second-order valence-corrected chi connectivity index (χ2v) is 4.40. The van der Waals surface area contributed by atoms with Gasteiger partial charge in [0.1, 0.15) is 0 Å². The zero-order valence-corrected chi connectivity index (χ0v) is 10.1. The summed E-state index contributed by atoms with van der Waals surface area (Å²) in [5.41, 5.74) is 0. The summed E-state index contributed by atoms with van der Waals surface area (Å²) in [6.45, 7) is 8.56. The molecule has 0 radical (unpaired) electrons. The first-order valence-corrected chi connectivity index (χ1v) is 5.48. The van der Waals surface area contributed by atoms with Crippen molar-refractivity contribution in [1.29, 1.82) is 0 Å². The van der Waals surface area contributed by atoms with Crippen LogP contribution in [0.1, 0.15) is 34.1 Å². The average Bonchev–Trinajstić information content (AvgIpc) is 2.13. The molecule has 0 spiro atoms. The molecular weight excluding hydrogens is 192 g/mol. The Morgan fingerprint density at radius 3 is 2.13 bits per heavy atom. The Morgan fingerprint density at radius 2 is 1.67 bits per heavy atom. The molecule has 0 saturated carbocycles. The summed E-state index contributed by atoms with van der Waals surface area (Å²) in [6.07, 6.45) is 0.962. The molecule has 0 aromatic rings. The number of nitrogens with one attached hydrogen (secondary N) is 2. The first-order chi connectivity index (χ1) is 6.93. The van der Waals surface area contributed by atoms with Crippen molar-refractivity contribution in [2.24, 2.45) is 11.8 Å². The summed E-state index contributed by atoms with van der Waals surface area (Å²) >= 11 is 0. The van der Waals surface area contributed by atoms with Crippen LogP contribution in [0.25, 0.3) is 0 Å². The summed E-state index contributed by atoms with van der Waals surface area (Å²) in [4.78, 5) is 22.4. The van der Waals surface area contributed by atoms with Crippen molar-refractivity contribution in [3.63, 3.8) is 0 Å². The molecule has 0 aliphatic rings. The van der Waals surface area contributed by atoms with Crippen molar-refractivity contribution in [2.75, 3.05) is 13.1 Å². The highest BCUT2D eigenvalue weighted by molar-refractivity contribution is 5.85. The number of rotatable bonds is 6. The summed E-state index contributed by atoms with van der Waals surface area (Å²) in [7, 11) is 0. The van der Waals surface area contributed by atoms with Crippen molar-refractivity contribution >= 4 is 11.8 Å². The summed E-state index contributed by atoms with van der Waals surface area (Å²) in [5, 5.41) is 5.32. The lowest BCUT2D eigenvalue weighted by molar-refractivity contribution is -0.127. The second kappa shape index (κ2) is 7.26. The first kappa shape index (κ1) is 13.9. The van der Waals surface area contributed by atoms with E-state index in [1.807, 2.05) is 0 Å². The van der Waals surface area contributed by atoms with E-state index in [2.05, 4.69) is 24.5 Å². The van der Waals surface area contributed by atoms with Crippen molar-refractivity contribution < 1.29 is 9.59 Å². The Morgan fingerprint density at radius 1 is 1.07 bits per heavy atom. The van der Waals surface area contributed by atoms with Crippen LogP contribution in [0.15, 0.2) is 0 Å². The topological polar surface area (TPSA) is 58.2 Å². The van der Waals surface area contributed by atoms with E-state index in [1.54, 1.807) is 13.8 Å². The van der Waals surface area contributed by atoms with Gasteiger partial charge in [0.05, 0.1) is 6.54 Å². The van der Waals surface area contributed by atoms with Gasteiger partial charge in [0.2, 0.25) is 11.8 Å². The lowest BCUT2D eigenvalue weighted by Gasteiger charge is -2.09. The van der Waals surface area contributed by atoms with Crippen LogP contribution < -0.4 is 10.6 Å². The molecule has 88 valence electrons. The molecule has 4 nitrogen and oxygen atoms in total. The highest BCUT2D eigenvalue weighted by Gasteiger charge is 2.08. The molecule has 2 amide bonds. The monoisotopic (exact) mass is 214 g/mol. The van der Waals surface area contributed by atoms with Crippen LogP contribution >= 0.6 is 0 Å². The lowest BCUT2D eigenvalue weighted by Crippen LogP contribution is -2.39. The Kier molecular flexibility index (Phi) is 6.75. The maximum Gasteiger partial charge on any atom is 0.239 e. The minimum Gasteiger partial charge on any atom is -0.355 e. The number of amides is 2. The molecule has 0 unspecified atom stereocenters. The van der Waals surface area contributed by atoms with Gasteiger partial charge in [-0.2, -0.15) is 0 Å². The highest BCUT2D eigenvalue weighted by Crippen LogP contribution is 1.95. The van der Waals surface area contributed by atoms with Gasteiger partial charge in [-0.15, -0.1) is 0 Å². The second-order valence-electron chi connectivity index (χ2n) is 4.40. The van der Waals surface area contributed by atoms with Gasteiger partial charge in [-0.25, -0.2) is 0 Å². The maximum absolute atomic E-state index is 11.2. The van der Waals surface area contributed by atoms with Gasteiger partial charge in [-0.1, -0.05) is 27.7 Å². The largest absolute Gasteiger partial charge is 0.355 e. The van der Waals surface area contributed by atoms with Crippen molar-refractivity contribution in [1.82, 2.24) is 10.6 Å². The Hall–Kier alpha value is -1.06. The molecule has 0 atom stereocenters. The van der Waals surface area contributed by atoms with Gasteiger partial charge in [0.25, 0.3) is 0 Å². The number of carbonyl (C=O) groups excluding carboxylic acids is 2. The molecule has 2 N–H and O–H groups in total. The predicted molar refractivity (Wildman–Crippen MR) is 60.3 cm³/mol. The van der Waals surface area contributed by atoms with Crippen molar-refractivity contribution in [2.45, 2.75) is 34.1 Å². The van der Waals surface area contributed by atoms with Crippen LogP contribution in [0, 0.1) is 11.8 Å². The molecule has 0 aliphatic carbocycles. The third-order valence-corrected chi connectivity index (χ3v) is 1.99. The third kappa shape index (κ3) is 7.97. The van der Waals surface area contributed by atoms with Crippen LogP contribution in [0.4, 0.5) is 0 Å². The fourth-order valence-electron chi connectivity index (χ4n) is 0.934. The van der Waals surface area contributed by atoms with Crippen LogP contribution in [0.3, 0.4) is 0 Å². The van der Waals surface area contributed by atoms with Crippen LogP contribution in [-0.2, 0) is 9.59 Å². The van der Waals surface area contributed by atoms with Gasteiger partial charge in [0, 0.05) is 12.5 Å². The number of hydrogen-bond donors (Lipinski definition) is 2. The van der Waals surface area contributed by atoms with Crippen LogP contribution in [0.2, 0.25) is 0 Å². The fraction of sp³-hybridized carbons (Fsp3) is 0.818. The molecule has 0 bridgehead atoms. The predicted octanol–water partition coefficient (Wildman–Crippen LogP) is 0.921. The zero-order valence-electron chi connectivity index (χ0n) is 10.1. The standard InChI is InChI=1S/C11H22N2O2/c1-8(2)5-6-12-10(14)7-13-11(15)9(3)4/h8-9H,5-7H2,1-4H3,(H,12,14)(H,13,15). The van der Waals surface area contributed by atoms with Gasteiger partial charge < -0.3 is 10.6 Å². The highest BCUT2D eigenvalue weighted by atomic mass is 16.2. The minimum absolute atomic E-state index is 0.0755. The van der Waals surface area contributed by atoms with E-state index in [4.69, 9.17) is 0 Å². The van der Waals surface area contributed by atoms with E-state index in [1.165, 1.54) is 0 Å². The van der Waals surface area contributed by atoms with Crippen molar-refractivity contribution in [3.8, 4) is 0 Å². The third-order valence-electron chi connectivity index (χ3n) is 1.99. The van der Waals surface area contributed by atoms with Crippen LogP contribution in [-0.4, -0.2) is 24.9 Å². The zero-order chi connectivity index (χ0) is 11.8. The molecule has 0 rings (SSSR count). The first-order valence-electron chi connectivity index (χ1n) is 5.48. The molecule has 0 aliphatic heterocycles. The molecule has 15 heavy (non-hydrogen) atoms. The van der Waals surface area contributed by atoms with Gasteiger partial charge in [-0.3, -0.25) is 9.59 Å². The quantitative estimate of drug-likeness (QED) is 0.691. The minimum atomic E-state index is -0.121. The fourth-order valence-corrected chi connectivity index (χ4v) is 0.934. The van der Waals surface area contributed by atoms with E-state index in [0.717, 1.165) is 6.42 Å². The number of carbonyl (C=O) groups is 2. The van der Waals surface area contributed by atoms with Gasteiger partial charge in [-0.05, 0) is 12.3 Å². The van der Waals surface area contributed by atoms with E-state index in [-0.39, 0.29) is 24.3 Å². The summed E-state index contributed by atoms with van der Waals surface area (Å²) in [6, 6.07) is 0. The Balaban J connectivity index is 3.54. The molecule has 0 saturated heterocycles. The van der Waals surface area contributed by atoms with E-state index in [9.17, 15) is 9.59 Å². The summed E-state index contributed by atoms with van der Waals surface area (Å²) in [5.74, 6) is 0.294.